The maximum atomic E-state index is 13.3. The Kier molecular flexibility index (Phi) is 5.22. The summed E-state index contributed by atoms with van der Waals surface area (Å²) in [7, 11) is 0. The number of aryl methyl sites for hydroxylation is 1. The molecule has 0 unspecified atom stereocenters. The number of carbonyl (C=O) groups is 2. The molecule has 1 aliphatic heterocycles. The third kappa shape index (κ3) is 3.33. The van der Waals surface area contributed by atoms with Crippen LogP contribution in [0.1, 0.15) is 62.5 Å². The fraction of sp³-hybridized carbons (Fsp3) is 0.600. The van der Waals surface area contributed by atoms with E-state index in [4.69, 9.17) is 0 Å². The maximum absolute atomic E-state index is 13.3. The highest BCUT2D eigenvalue weighted by atomic mass is 16.2. The molecule has 3 rings (SSSR count). The first kappa shape index (κ1) is 17.0. The lowest BCUT2D eigenvalue weighted by atomic mass is 9.67. The predicted octanol–water partition coefficient (Wildman–Crippen LogP) is 2.98. The molecule has 1 aromatic rings. The highest BCUT2D eigenvalue weighted by Gasteiger charge is 2.43. The van der Waals surface area contributed by atoms with Crippen LogP contribution in [0, 0.1) is 6.92 Å². The molecule has 0 bridgehead atoms. The lowest BCUT2D eigenvalue weighted by molar-refractivity contribution is -0.133. The molecule has 1 aliphatic carbocycles. The molecule has 1 atom stereocenters. The highest BCUT2D eigenvalue weighted by molar-refractivity contribution is 5.93. The number of carbonyl (C=O) groups excluding carboxylic acids is 2. The van der Waals surface area contributed by atoms with Crippen molar-refractivity contribution in [1.29, 1.82) is 0 Å². The van der Waals surface area contributed by atoms with Gasteiger partial charge in [0.05, 0.1) is 5.41 Å². The molecule has 2 aliphatic rings. The molecule has 1 heterocycles. The van der Waals surface area contributed by atoms with Gasteiger partial charge in [-0.2, -0.15) is 0 Å². The van der Waals surface area contributed by atoms with Gasteiger partial charge in [-0.15, -0.1) is 0 Å². The molecule has 4 nitrogen and oxygen atoms in total. The molecule has 2 amide bonds. The molecular formula is C20H28N2O2. The highest BCUT2D eigenvalue weighted by Crippen LogP contribution is 2.41. The maximum Gasteiger partial charge on any atom is 0.242 e. The van der Waals surface area contributed by atoms with Gasteiger partial charge in [-0.05, 0) is 50.2 Å². The van der Waals surface area contributed by atoms with Crippen LogP contribution in [0.2, 0.25) is 0 Å². The fourth-order valence-electron chi connectivity index (χ4n) is 4.26. The topological polar surface area (TPSA) is 58.2 Å². The van der Waals surface area contributed by atoms with E-state index < -0.39 is 5.41 Å². The quantitative estimate of drug-likeness (QED) is 0.896. The average molecular weight is 328 g/mol. The molecule has 4 heteroatoms. The van der Waals surface area contributed by atoms with Crippen LogP contribution >= 0.6 is 0 Å². The summed E-state index contributed by atoms with van der Waals surface area (Å²) in [6, 6.07) is 7.82. The van der Waals surface area contributed by atoms with Crippen LogP contribution < -0.4 is 10.6 Å². The monoisotopic (exact) mass is 328 g/mol. The van der Waals surface area contributed by atoms with Gasteiger partial charge < -0.3 is 10.6 Å². The number of nitrogens with one attached hydrogen (secondary N) is 2. The minimum Gasteiger partial charge on any atom is -0.354 e. The Balaban J connectivity index is 1.87. The zero-order valence-corrected chi connectivity index (χ0v) is 14.6. The van der Waals surface area contributed by atoms with E-state index in [9.17, 15) is 9.59 Å². The number of rotatable bonds is 3. The second-order valence-electron chi connectivity index (χ2n) is 7.27. The van der Waals surface area contributed by atoms with Gasteiger partial charge in [0.1, 0.15) is 6.04 Å². The molecule has 0 aromatic heterocycles. The lowest BCUT2D eigenvalue weighted by Crippen LogP contribution is -2.53. The van der Waals surface area contributed by atoms with Crippen LogP contribution in [-0.4, -0.2) is 24.4 Å². The summed E-state index contributed by atoms with van der Waals surface area (Å²) < 4.78 is 0. The number of hydrogen-bond donors (Lipinski definition) is 2. The predicted molar refractivity (Wildman–Crippen MR) is 94.7 cm³/mol. The molecule has 130 valence electrons. The number of amides is 2. The SMILES string of the molecule is Cc1ccccc1C1(C(=O)N[C@@H]2CCCCNC2=O)CCCCC1. The standard InChI is InChI=1S/C20H28N2O2/c1-15-9-3-4-10-16(15)20(12-6-2-7-13-20)19(24)22-17-11-5-8-14-21-18(17)23/h3-4,9-10,17H,2,5-8,11-14H2,1H3,(H,21,23)(H,22,24)/t17-/m1/s1. The van der Waals surface area contributed by atoms with Crippen molar-refractivity contribution in [2.45, 2.75) is 69.7 Å². The Morgan fingerprint density at radius 3 is 2.62 bits per heavy atom. The van der Waals surface area contributed by atoms with Crippen LogP contribution in [0.4, 0.5) is 0 Å². The first-order valence-electron chi connectivity index (χ1n) is 9.28. The van der Waals surface area contributed by atoms with Crippen molar-refractivity contribution in [2.75, 3.05) is 6.54 Å². The third-order valence-electron chi connectivity index (χ3n) is 5.64. The summed E-state index contributed by atoms with van der Waals surface area (Å²) in [5.74, 6) is 0.00939. The van der Waals surface area contributed by atoms with Crippen molar-refractivity contribution in [1.82, 2.24) is 10.6 Å². The average Bonchev–Trinajstić information content (AvgIpc) is 2.80. The molecule has 1 saturated carbocycles. The zero-order valence-electron chi connectivity index (χ0n) is 14.6. The van der Waals surface area contributed by atoms with E-state index in [2.05, 4.69) is 29.7 Å². The molecule has 0 spiro atoms. The Morgan fingerprint density at radius 2 is 1.88 bits per heavy atom. The lowest BCUT2D eigenvalue weighted by Gasteiger charge is -2.38. The van der Waals surface area contributed by atoms with Crippen LogP contribution in [0.3, 0.4) is 0 Å². The largest absolute Gasteiger partial charge is 0.354 e. The summed E-state index contributed by atoms with van der Waals surface area (Å²) in [5.41, 5.74) is 1.83. The molecule has 1 saturated heterocycles. The summed E-state index contributed by atoms with van der Waals surface area (Å²) >= 11 is 0. The third-order valence-corrected chi connectivity index (χ3v) is 5.64. The van der Waals surface area contributed by atoms with Gasteiger partial charge in [-0.3, -0.25) is 9.59 Å². The Morgan fingerprint density at radius 1 is 1.12 bits per heavy atom. The Bertz CT molecular complexity index is 605. The summed E-state index contributed by atoms with van der Waals surface area (Å²) in [6.45, 7) is 2.80. The van der Waals surface area contributed by atoms with E-state index in [-0.39, 0.29) is 17.9 Å². The van der Waals surface area contributed by atoms with Gasteiger partial charge in [0.25, 0.3) is 0 Å². The van der Waals surface area contributed by atoms with Gasteiger partial charge in [-0.25, -0.2) is 0 Å². The van der Waals surface area contributed by atoms with Crippen LogP contribution in [-0.2, 0) is 15.0 Å². The first-order chi connectivity index (χ1) is 11.6. The van der Waals surface area contributed by atoms with Gasteiger partial charge in [0.15, 0.2) is 0 Å². The van der Waals surface area contributed by atoms with E-state index in [1.54, 1.807) is 0 Å². The fourth-order valence-corrected chi connectivity index (χ4v) is 4.26. The van der Waals surface area contributed by atoms with Crippen LogP contribution in [0.5, 0.6) is 0 Å². The minimum atomic E-state index is -0.476. The second-order valence-corrected chi connectivity index (χ2v) is 7.27. The van der Waals surface area contributed by atoms with Crippen molar-refractivity contribution >= 4 is 11.8 Å². The van der Waals surface area contributed by atoms with Gasteiger partial charge >= 0.3 is 0 Å². The van der Waals surface area contributed by atoms with E-state index >= 15 is 0 Å². The number of hydrogen-bond acceptors (Lipinski definition) is 2. The molecule has 24 heavy (non-hydrogen) atoms. The smallest absolute Gasteiger partial charge is 0.242 e. The summed E-state index contributed by atoms with van der Waals surface area (Å²) in [4.78, 5) is 25.5. The van der Waals surface area contributed by atoms with Crippen LogP contribution in [0.15, 0.2) is 24.3 Å². The van der Waals surface area contributed by atoms with E-state index in [0.717, 1.165) is 50.5 Å². The van der Waals surface area contributed by atoms with Crippen molar-refractivity contribution in [2.24, 2.45) is 0 Å². The molecule has 0 radical (unpaired) electrons. The van der Waals surface area contributed by atoms with E-state index in [1.807, 2.05) is 12.1 Å². The van der Waals surface area contributed by atoms with Crippen molar-refractivity contribution < 1.29 is 9.59 Å². The van der Waals surface area contributed by atoms with E-state index in [0.29, 0.717) is 6.54 Å². The van der Waals surface area contributed by atoms with Gasteiger partial charge in [-0.1, -0.05) is 43.5 Å². The minimum absolute atomic E-state index is 0.0309. The van der Waals surface area contributed by atoms with Crippen LogP contribution in [0.25, 0.3) is 0 Å². The second kappa shape index (κ2) is 7.37. The summed E-state index contributed by atoms with van der Waals surface area (Å²) in [5, 5.41) is 6.01. The Labute approximate surface area is 144 Å². The van der Waals surface area contributed by atoms with Crippen molar-refractivity contribution in [3.63, 3.8) is 0 Å². The first-order valence-corrected chi connectivity index (χ1v) is 9.28. The molecule has 1 aromatic carbocycles. The zero-order chi connectivity index (χ0) is 17.0. The molecule has 2 N–H and O–H groups in total. The molecule has 2 fully saturated rings. The normalized spacial score (nSPS) is 23.9. The molecular weight excluding hydrogens is 300 g/mol. The Hall–Kier alpha value is -1.84. The van der Waals surface area contributed by atoms with Gasteiger partial charge in [0.2, 0.25) is 11.8 Å². The van der Waals surface area contributed by atoms with Gasteiger partial charge in [0, 0.05) is 6.54 Å². The summed E-state index contributed by atoms with van der Waals surface area (Å²) in [6.07, 6.45) is 7.77. The van der Waals surface area contributed by atoms with E-state index in [1.165, 1.54) is 12.0 Å². The van der Waals surface area contributed by atoms with Crippen molar-refractivity contribution in [3.05, 3.63) is 35.4 Å². The number of benzene rings is 1. The van der Waals surface area contributed by atoms with Crippen molar-refractivity contribution in [3.8, 4) is 0 Å².